The number of ketones is 1. The monoisotopic (exact) mass is 279 g/mol. The number of carbonyl (C=O) groups excluding carboxylic acids is 1. The summed E-state index contributed by atoms with van der Waals surface area (Å²) >= 11 is 0. The third-order valence-electron chi connectivity index (χ3n) is 3.16. The zero-order chi connectivity index (χ0) is 14.7. The lowest BCUT2D eigenvalue weighted by Gasteiger charge is -2.06. The molecule has 3 rings (SSSR count). The highest BCUT2D eigenvalue weighted by molar-refractivity contribution is 5.97. The van der Waals surface area contributed by atoms with Crippen LogP contribution in [0.15, 0.2) is 65.5 Å². The van der Waals surface area contributed by atoms with Crippen LogP contribution in [-0.2, 0) is 0 Å². The smallest absolute Gasteiger partial charge is 0.248 e. The number of nitrogens with one attached hydrogen (secondary N) is 1. The maximum atomic E-state index is 12.0. The molecule has 3 aromatic rings. The van der Waals surface area contributed by atoms with E-state index in [0.29, 0.717) is 16.8 Å². The first kappa shape index (κ1) is 13.1. The maximum Gasteiger partial charge on any atom is 0.248 e. The summed E-state index contributed by atoms with van der Waals surface area (Å²) < 4.78 is 5.50. The number of hydrogen-bond acceptors (Lipinski definition) is 3. The standard InChI is InChI=1S/C17H13NO3/c19-16(13-4-2-1-3-5-13)11-21-14-8-6-12-7-9-17(20)18-15(12)10-14/h1-10H,11H2,(H,18,20). The largest absolute Gasteiger partial charge is 0.485 e. The minimum absolute atomic E-state index is 0.0351. The number of ether oxygens (including phenoxy) is 1. The first-order valence-corrected chi connectivity index (χ1v) is 6.56. The van der Waals surface area contributed by atoms with Crippen LogP contribution in [0.5, 0.6) is 5.75 Å². The van der Waals surface area contributed by atoms with Crippen LogP contribution >= 0.6 is 0 Å². The van der Waals surface area contributed by atoms with Gasteiger partial charge in [0.25, 0.3) is 0 Å². The van der Waals surface area contributed by atoms with Crippen LogP contribution in [0.1, 0.15) is 10.4 Å². The highest BCUT2D eigenvalue weighted by Crippen LogP contribution is 2.18. The van der Waals surface area contributed by atoms with Crippen LogP contribution in [0.25, 0.3) is 10.9 Å². The van der Waals surface area contributed by atoms with Crippen molar-refractivity contribution >= 4 is 16.7 Å². The first-order chi connectivity index (χ1) is 10.2. The Balaban J connectivity index is 1.76. The van der Waals surface area contributed by atoms with Gasteiger partial charge in [-0.1, -0.05) is 30.3 Å². The summed E-state index contributed by atoms with van der Waals surface area (Å²) in [6, 6.07) is 17.5. The Hall–Kier alpha value is -2.88. The van der Waals surface area contributed by atoms with Crippen molar-refractivity contribution < 1.29 is 9.53 Å². The molecule has 2 aromatic carbocycles. The van der Waals surface area contributed by atoms with Crippen molar-refractivity contribution in [1.29, 1.82) is 0 Å². The molecule has 0 atom stereocenters. The molecule has 0 aliphatic carbocycles. The second-order valence-electron chi connectivity index (χ2n) is 4.65. The fraction of sp³-hybridized carbons (Fsp3) is 0.0588. The van der Waals surface area contributed by atoms with Crippen molar-refractivity contribution in [2.45, 2.75) is 0 Å². The summed E-state index contributed by atoms with van der Waals surface area (Å²) in [6.07, 6.45) is 0. The van der Waals surface area contributed by atoms with Crippen LogP contribution in [0.4, 0.5) is 0 Å². The van der Waals surface area contributed by atoms with Crippen molar-refractivity contribution in [1.82, 2.24) is 4.98 Å². The van der Waals surface area contributed by atoms with Crippen molar-refractivity contribution in [2.75, 3.05) is 6.61 Å². The summed E-state index contributed by atoms with van der Waals surface area (Å²) in [5, 5.41) is 0.913. The molecular formula is C17H13NO3. The summed E-state index contributed by atoms with van der Waals surface area (Å²) in [7, 11) is 0. The predicted octanol–water partition coefficient (Wildman–Crippen LogP) is 2.79. The predicted molar refractivity (Wildman–Crippen MR) is 80.8 cm³/mol. The van der Waals surface area contributed by atoms with E-state index in [0.717, 1.165) is 5.39 Å². The van der Waals surface area contributed by atoms with E-state index in [4.69, 9.17) is 4.74 Å². The van der Waals surface area contributed by atoms with E-state index in [1.807, 2.05) is 24.3 Å². The van der Waals surface area contributed by atoms with Crippen LogP contribution < -0.4 is 10.3 Å². The lowest BCUT2D eigenvalue weighted by Crippen LogP contribution is -2.11. The Kier molecular flexibility index (Phi) is 3.51. The molecule has 1 aromatic heterocycles. The van der Waals surface area contributed by atoms with Gasteiger partial charge in [0.1, 0.15) is 5.75 Å². The van der Waals surface area contributed by atoms with Crippen molar-refractivity contribution in [3.8, 4) is 5.75 Å². The summed E-state index contributed by atoms with van der Waals surface area (Å²) in [6.45, 7) is -0.0351. The van der Waals surface area contributed by atoms with Gasteiger partial charge in [-0.2, -0.15) is 0 Å². The van der Waals surface area contributed by atoms with Gasteiger partial charge >= 0.3 is 0 Å². The number of carbonyl (C=O) groups is 1. The van der Waals surface area contributed by atoms with Gasteiger partial charge in [-0.05, 0) is 23.6 Å². The lowest BCUT2D eigenvalue weighted by molar-refractivity contribution is 0.0921. The minimum Gasteiger partial charge on any atom is -0.485 e. The van der Waals surface area contributed by atoms with Gasteiger partial charge in [0.05, 0.1) is 5.52 Å². The number of aromatic amines is 1. The lowest BCUT2D eigenvalue weighted by atomic mass is 10.1. The molecule has 0 saturated heterocycles. The molecule has 4 nitrogen and oxygen atoms in total. The Labute approximate surface area is 121 Å². The Morgan fingerprint density at radius 3 is 2.57 bits per heavy atom. The van der Waals surface area contributed by atoms with E-state index >= 15 is 0 Å². The fourth-order valence-corrected chi connectivity index (χ4v) is 2.07. The average Bonchev–Trinajstić information content (AvgIpc) is 2.53. The molecule has 0 aliphatic rings. The molecule has 0 saturated carbocycles. The number of hydrogen-bond donors (Lipinski definition) is 1. The number of Topliss-reactive ketones (excluding diaryl/α,β-unsaturated/α-hetero) is 1. The Bertz CT molecular complexity index is 837. The van der Waals surface area contributed by atoms with Gasteiger partial charge in [-0.15, -0.1) is 0 Å². The molecule has 0 bridgehead atoms. The van der Waals surface area contributed by atoms with E-state index in [-0.39, 0.29) is 17.9 Å². The van der Waals surface area contributed by atoms with Gasteiger partial charge in [-0.25, -0.2) is 0 Å². The van der Waals surface area contributed by atoms with Gasteiger partial charge in [-0.3, -0.25) is 9.59 Å². The van der Waals surface area contributed by atoms with Crippen LogP contribution in [-0.4, -0.2) is 17.4 Å². The molecule has 104 valence electrons. The molecule has 0 aliphatic heterocycles. The Morgan fingerprint density at radius 2 is 1.76 bits per heavy atom. The first-order valence-electron chi connectivity index (χ1n) is 6.56. The number of benzene rings is 2. The zero-order valence-corrected chi connectivity index (χ0v) is 11.2. The number of pyridine rings is 1. The number of fused-ring (bicyclic) bond motifs is 1. The molecule has 0 spiro atoms. The molecule has 0 radical (unpaired) electrons. The molecule has 0 fully saturated rings. The molecule has 1 heterocycles. The van der Waals surface area contributed by atoms with Crippen molar-refractivity contribution in [3.63, 3.8) is 0 Å². The third kappa shape index (κ3) is 3.00. The highest BCUT2D eigenvalue weighted by Gasteiger charge is 2.06. The second-order valence-corrected chi connectivity index (χ2v) is 4.65. The van der Waals surface area contributed by atoms with Crippen LogP contribution in [0.2, 0.25) is 0 Å². The van der Waals surface area contributed by atoms with E-state index in [9.17, 15) is 9.59 Å². The molecule has 21 heavy (non-hydrogen) atoms. The average molecular weight is 279 g/mol. The van der Waals surface area contributed by atoms with Crippen LogP contribution in [0, 0.1) is 0 Å². The van der Waals surface area contributed by atoms with Gasteiger partial charge in [0.15, 0.2) is 12.4 Å². The van der Waals surface area contributed by atoms with E-state index in [1.54, 1.807) is 30.3 Å². The molecule has 4 heteroatoms. The third-order valence-corrected chi connectivity index (χ3v) is 3.16. The van der Waals surface area contributed by atoms with Gasteiger partial charge in [0.2, 0.25) is 5.56 Å². The topological polar surface area (TPSA) is 59.2 Å². The summed E-state index contributed by atoms with van der Waals surface area (Å²) in [5.41, 5.74) is 1.14. The zero-order valence-electron chi connectivity index (χ0n) is 11.2. The summed E-state index contributed by atoms with van der Waals surface area (Å²) in [4.78, 5) is 26.0. The fourth-order valence-electron chi connectivity index (χ4n) is 2.07. The van der Waals surface area contributed by atoms with Crippen molar-refractivity contribution in [2.24, 2.45) is 0 Å². The number of rotatable bonds is 4. The van der Waals surface area contributed by atoms with E-state index < -0.39 is 0 Å². The quantitative estimate of drug-likeness (QED) is 0.747. The SMILES string of the molecule is O=C(COc1ccc2ccc(=O)[nH]c2c1)c1ccccc1. The van der Waals surface area contributed by atoms with Crippen LogP contribution in [0.3, 0.4) is 0 Å². The van der Waals surface area contributed by atoms with E-state index in [2.05, 4.69) is 4.98 Å². The Morgan fingerprint density at radius 1 is 1.00 bits per heavy atom. The minimum atomic E-state index is -0.167. The van der Waals surface area contributed by atoms with Gasteiger partial charge in [0, 0.05) is 17.7 Å². The maximum absolute atomic E-state index is 12.0. The second kappa shape index (κ2) is 5.63. The van der Waals surface area contributed by atoms with E-state index in [1.165, 1.54) is 6.07 Å². The highest BCUT2D eigenvalue weighted by atomic mass is 16.5. The molecule has 1 N–H and O–H groups in total. The molecule has 0 amide bonds. The van der Waals surface area contributed by atoms with Gasteiger partial charge < -0.3 is 9.72 Å². The number of H-pyrrole nitrogens is 1. The van der Waals surface area contributed by atoms with Crippen molar-refractivity contribution in [3.05, 3.63) is 76.6 Å². The molecular weight excluding hydrogens is 266 g/mol. The normalized spacial score (nSPS) is 10.5. The molecule has 0 unspecified atom stereocenters. The number of aromatic nitrogens is 1. The summed E-state index contributed by atoms with van der Waals surface area (Å²) in [5.74, 6) is 0.464.